The fourth-order valence-electron chi connectivity index (χ4n) is 3.12. The average molecular weight is 352 g/mol. The minimum Gasteiger partial charge on any atom is -0.367 e. The zero-order valence-electron chi connectivity index (χ0n) is 13.7. The molecule has 0 unspecified atom stereocenters. The largest absolute Gasteiger partial charge is 0.451 e. The average Bonchev–Trinajstić information content (AvgIpc) is 3.20. The predicted molar refractivity (Wildman–Crippen MR) is 90.9 cm³/mol. The van der Waals surface area contributed by atoms with Gasteiger partial charge in [0.25, 0.3) is 0 Å². The van der Waals surface area contributed by atoms with Crippen molar-refractivity contribution < 1.29 is 17.9 Å². The van der Waals surface area contributed by atoms with Gasteiger partial charge in [-0.15, -0.1) is 0 Å². The highest BCUT2D eigenvalue weighted by Gasteiger charge is 2.47. The summed E-state index contributed by atoms with van der Waals surface area (Å²) >= 11 is 0. The van der Waals surface area contributed by atoms with Crippen molar-refractivity contribution in [2.24, 2.45) is 9.98 Å². The smallest absolute Gasteiger partial charge is 0.367 e. The van der Waals surface area contributed by atoms with E-state index in [1.54, 1.807) is 19.1 Å². The molecule has 2 N–H and O–H groups in total. The maximum Gasteiger partial charge on any atom is 0.451 e. The molecule has 25 heavy (non-hydrogen) atoms. The quantitative estimate of drug-likeness (QED) is 0.646. The third kappa shape index (κ3) is 3.59. The van der Waals surface area contributed by atoms with Crippen molar-refractivity contribution in [3.63, 3.8) is 0 Å². The first-order chi connectivity index (χ1) is 11.9. The number of nitrogens with zero attached hydrogens (tertiary/aromatic N) is 2. The first-order valence-corrected chi connectivity index (χ1v) is 7.90. The van der Waals surface area contributed by atoms with Crippen LogP contribution in [0.3, 0.4) is 0 Å². The van der Waals surface area contributed by atoms with Gasteiger partial charge < -0.3 is 15.4 Å². The molecule has 0 aromatic heterocycles. The number of rotatable bonds is 4. The van der Waals surface area contributed by atoms with E-state index in [0.717, 1.165) is 18.5 Å². The SMILES string of the molecule is C=NC(=N/C(=C\C)Nc1ccc([C@@]23CN[C@@H](CO2)C3)cc1)C(F)(F)F. The number of hydrogen-bond donors (Lipinski definition) is 2. The van der Waals surface area contributed by atoms with Crippen LogP contribution in [-0.4, -0.2) is 37.9 Å². The number of hydrogen-bond acceptors (Lipinski definition) is 4. The summed E-state index contributed by atoms with van der Waals surface area (Å²) in [6, 6.07) is 7.84. The molecule has 0 spiro atoms. The highest BCUT2D eigenvalue weighted by atomic mass is 19.4. The second kappa shape index (κ2) is 6.61. The van der Waals surface area contributed by atoms with Crippen molar-refractivity contribution >= 4 is 18.2 Å². The lowest BCUT2D eigenvalue weighted by Crippen LogP contribution is -2.37. The van der Waals surface area contributed by atoms with Crippen molar-refractivity contribution in [3.8, 4) is 0 Å². The maximum atomic E-state index is 12.7. The Morgan fingerprint density at radius 1 is 1.40 bits per heavy atom. The van der Waals surface area contributed by atoms with Gasteiger partial charge in [-0.1, -0.05) is 12.1 Å². The molecule has 2 fully saturated rings. The number of halogens is 3. The maximum absolute atomic E-state index is 12.7. The Morgan fingerprint density at radius 2 is 2.12 bits per heavy atom. The molecule has 3 rings (SSSR count). The Bertz CT molecular complexity index is 702. The lowest BCUT2D eigenvalue weighted by atomic mass is 9.93. The summed E-state index contributed by atoms with van der Waals surface area (Å²) in [6.45, 7) is 5.99. The van der Waals surface area contributed by atoms with E-state index in [-0.39, 0.29) is 11.4 Å². The molecule has 0 aliphatic carbocycles. The fourth-order valence-corrected chi connectivity index (χ4v) is 3.12. The van der Waals surface area contributed by atoms with Gasteiger partial charge in [-0.05, 0) is 43.8 Å². The minimum absolute atomic E-state index is 0.0466. The molecule has 8 heteroatoms. The van der Waals surface area contributed by atoms with Crippen molar-refractivity contribution in [2.45, 2.75) is 31.2 Å². The molecule has 134 valence electrons. The van der Waals surface area contributed by atoms with Gasteiger partial charge in [-0.25, -0.2) is 9.98 Å². The van der Waals surface area contributed by atoms with Crippen LogP contribution >= 0.6 is 0 Å². The van der Waals surface area contributed by atoms with E-state index in [0.29, 0.717) is 18.3 Å². The summed E-state index contributed by atoms with van der Waals surface area (Å²) in [7, 11) is 0. The molecule has 2 bridgehead atoms. The summed E-state index contributed by atoms with van der Waals surface area (Å²) in [5, 5.41) is 6.26. The summed E-state index contributed by atoms with van der Waals surface area (Å²) in [4.78, 5) is 6.44. The molecule has 2 heterocycles. The first kappa shape index (κ1) is 17.6. The number of ether oxygens (including phenoxy) is 1. The van der Waals surface area contributed by atoms with Crippen molar-refractivity contribution in [2.75, 3.05) is 18.5 Å². The van der Waals surface area contributed by atoms with E-state index in [4.69, 9.17) is 4.74 Å². The van der Waals surface area contributed by atoms with E-state index >= 15 is 0 Å². The molecule has 5 nitrogen and oxygen atoms in total. The molecule has 1 aromatic carbocycles. The van der Waals surface area contributed by atoms with Gasteiger partial charge in [0.2, 0.25) is 5.84 Å². The van der Waals surface area contributed by atoms with Crippen LogP contribution in [-0.2, 0) is 10.3 Å². The summed E-state index contributed by atoms with van der Waals surface area (Å²) < 4.78 is 44.1. The third-order valence-corrected chi connectivity index (χ3v) is 4.40. The van der Waals surface area contributed by atoms with Crippen LogP contribution in [0.25, 0.3) is 0 Å². The van der Waals surface area contributed by atoms with Crippen LogP contribution in [0.1, 0.15) is 18.9 Å². The lowest BCUT2D eigenvalue weighted by molar-refractivity contribution is -0.0596. The number of morpholine rings is 1. The van der Waals surface area contributed by atoms with E-state index in [1.807, 2.05) is 12.1 Å². The molecule has 0 amide bonds. The molecule has 2 aliphatic heterocycles. The van der Waals surface area contributed by atoms with Gasteiger partial charge in [0.1, 0.15) is 11.4 Å². The predicted octanol–water partition coefficient (Wildman–Crippen LogP) is 3.21. The van der Waals surface area contributed by atoms with Crippen molar-refractivity contribution in [3.05, 3.63) is 41.7 Å². The van der Waals surface area contributed by atoms with E-state index in [1.165, 1.54) is 6.08 Å². The standard InChI is InChI=1S/C17H19F3N4O/c1-3-14(24-15(21-2)17(18,19)20)23-12-6-4-11(5-7-12)16-8-13(9-25-16)22-10-16/h3-7,13,22-23H,2,8-10H2,1H3/b14-3-,24-15?/t13-,16-/m1/s1. The zero-order chi connectivity index (χ0) is 18.1. The van der Waals surface area contributed by atoms with Gasteiger partial charge >= 0.3 is 6.18 Å². The Kier molecular flexibility index (Phi) is 4.66. The van der Waals surface area contributed by atoms with Crippen molar-refractivity contribution in [1.82, 2.24) is 5.32 Å². The van der Waals surface area contributed by atoms with Crippen LogP contribution in [0.2, 0.25) is 0 Å². The van der Waals surface area contributed by atoms with Crippen LogP contribution in [0.15, 0.2) is 46.1 Å². The Balaban J connectivity index is 1.74. The zero-order valence-corrected chi connectivity index (χ0v) is 13.7. The number of allylic oxidation sites excluding steroid dienone is 1. The molecule has 1 aromatic rings. The number of fused-ring (bicyclic) bond motifs is 2. The van der Waals surface area contributed by atoms with E-state index in [2.05, 4.69) is 27.3 Å². The van der Waals surface area contributed by atoms with Gasteiger partial charge in [0.05, 0.1) is 6.61 Å². The molecule has 0 saturated carbocycles. The second-order valence-electron chi connectivity index (χ2n) is 6.05. The molecule has 2 aliphatic rings. The monoisotopic (exact) mass is 352 g/mol. The van der Waals surface area contributed by atoms with E-state index in [9.17, 15) is 13.2 Å². The Morgan fingerprint density at radius 3 is 2.56 bits per heavy atom. The molecular formula is C17H19F3N4O. The first-order valence-electron chi connectivity index (χ1n) is 7.90. The fraction of sp³-hybridized carbons (Fsp3) is 0.412. The number of alkyl halides is 3. The van der Waals surface area contributed by atoms with Gasteiger partial charge in [0, 0.05) is 18.3 Å². The highest BCUT2D eigenvalue weighted by Crippen LogP contribution is 2.40. The molecular weight excluding hydrogens is 333 g/mol. The van der Waals surface area contributed by atoms with Crippen LogP contribution in [0.5, 0.6) is 0 Å². The van der Waals surface area contributed by atoms with Crippen molar-refractivity contribution in [1.29, 1.82) is 0 Å². The van der Waals surface area contributed by atoms with Crippen LogP contribution < -0.4 is 10.6 Å². The normalized spacial score (nSPS) is 26.8. The molecule has 2 atom stereocenters. The highest BCUT2D eigenvalue weighted by molar-refractivity contribution is 5.92. The molecule has 2 saturated heterocycles. The van der Waals surface area contributed by atoms with Crippen LogP contribution in [0.4, 0.5) is 18.9 Å². The van der Waals surface area contributed by atoms with Crippen LogP contribution in [0, 0.1) is 0 Å². The Hall–Kier alpha value is -2.19. The third-order valence-electron chi connectivity index (χ3n) is 4.40. The number of amidine groups is 1. The second-order valence-corrected chi connectivity index (χ2v) is 6.05. The van der Waals surface area contributed by atoms with Gasteiger partial charge in [0.15, 0.2) is 0 Å². The van der Waals surface area contributed by atoms with Gasteiger partial charge in [-0.2, -0.15) is 13.2 Å². The van der Waals surface area contributed by atoms with Gasteiger partial charge in [-0.3, -0.25) is 0 Å². The number of benzene rings is 1. The molecule has 0 radical (unpaired) electrons. The summed E-state index contributed by atoms with van der Waals surface area (Å²) in [6.07, 6.45) is -2.27. The number of nitrogens with one attached hydrogen (secondary N) is 2. The topological polar surface area (TPSA) is 58.0 Å². The summed E-state index contributed by atoms with van der Waals surface area (Å²) in [5.41, 5.74) is 1.39. The summed E-state index contributed by atoms with van der Waals surface area (Å²) in [5.74, 6) is -1.24. The number of anilines is 1. The number of aliphatic imine (C=N–C) groups is 2. The Labute approximate surface area is 143 Å². The minimum atomic E-state index is -4.65. The lowest BCUT2D eigenvalue weighted by Gasteiger charge is -2.27. The van der Waals surface area contributed by atoms with E-state index < -0.39 is 12.0 Å².